The van der Waals surface area contributed by atoms with Gasteiger partial charge in [-0.2, -0.15) is 0 Å². The van der Waals surface area contributed by atoms with E-state index in [2.05, 4.69) is 0 Å². The lowest BCUT2D eigenvalue weighted by Gasteiger charge is -2.37. The molecule has 2 fully saturated rings. The molecule has 0 unspecified atom stereocenters. The Morgan fingerprint density at radius 2 is 1.89 bits per heavy atom. The van der Waals surface area contributed by atoms with Crippen LogP contribution < -0.4 is 5.73 Å². The molecule has 1 saturated heterocycles. The van der Waals surface area contributed by atoms with E-state index < -0.39 is 0 Å². The lowest BCUT2D eigenvalue weighted by molar-refractivity contribution is -0.135. The van der Waals surface area contributed by atoms with Crippen LogP contribution in [0.4, 0.5) is 0 Å². The average Bonchev–Trinajstić information content (AvgIpc) is 2.39. The molecule has 2 aliphatic rings. The Morgan fingerprint density at radius 1 is 1.28 bits per heavy atom. The highest BCUT2D eigenvalue weighted by molar-refractivity contribution is 5.77. The van der Waals surface area contributed by atoms with Gasteiger partial charge in [-0.25, -0.2) is 0 Å². The van der Waals surface area contributed by atoms with Gasteiger partial charge in [-0.3, -0.25) is 4.79 Å². The molecule has 4 heteroatoms. The van der Waals surface area contributed by atoms with Crippen molar-refractivity contribution in [1.29, 1.82) is 0 Å². The van der Waals surface area contributed by atoms with E-state index in [1.165, 1.54) is 19.3 Å². The Balaban J connectivity index is 1.81. The molecular weight excluding hydrogens is 228 g/mol. The molecule has 1 amide bonds. The number of nitrogens with zero attached hydrogens (tertiary/aromatic N) is 1. The van der Waals surface area contributed by atoms with Crippen molar-refractivity contribution in [3.8, 4) is 0 Å². The second kappa shape index (κ2) is 6.02. The first-order chi connectivity index (χ1) is 8.63. The van der Waals surface area contributed by atoms with Crippen molar-refractivity contribution in [2.45, 2.75) is 63.0 Å². The smallest absolute Gasteiger partial charge is 0.224 e. The largest absolute Gasteiger partial charge is 0.381 e. The van der Waals surface area contributed by atoms with Gasteiger partial charge in [-0.15, -0.1) is 0 Å². The third kappa shape index (κ3) is 3.45. The average molecular weight is 254 g/mol. The fraction of sp³-hybridized carbons (Fsp3) is 0.929. The highest BCUT2D eigenvalue weighted by Crippen LogP contribution is 2.29. The number of carbonyl (C=O) groups is 1. The number of hydrogen-bond acceptors (Lipinski definition) is 3. The molecule has 18 heavy (non-hydrogen) atoms. The van der Waals surface area contributed by atoms with Gasteiger partial charge in [0.1, 0.15) is 0 Å². The van der Waals surface area contributed by atoms with E-state index in [-0.39, 0.29) is 11.4 Å². The normalized spacial score (nSPS) is 25.1. The first kappa shape index (κ1) is 13.8. The minimum Gasteiger partial charge on any atom is -0.381 e. The van der Waals surface area contributed by atoms with Crippen LogP contribution in [0.5, 0.6) is 0 Å². The predicted octanol–water partition coefficient (Wildman–Crippen LogP) is 1.68. The second-order valence-electron chi connectivity index (χ2n) is 5.92. The van der Waals surface area contributed by atoms with Crippen molar-refractivity contribution in [2.75, 3.05) is 20.2 Å². The van der Waals surface area contributed by atoms with Crippen molar-refractivity contribution < 1.29 is 9.53 Å². The molecule has 0 radical (unpaired) electrons. The summed E-state index contributed by atoms with van der Waals surface area (Å²) in [7, 11) is 1.75. The van der Waals surface area contributed by atoms with Crippen molar-refractivity contribution >= 4 is 5.91 Å². The summed E-state index contributed by atoms with van der Waals surface area (Å²) in [6.07, 6.45) is 8.41. The molecule has 1 heterocycles. The highest BCUT2D eigenvalue weighted by Gasteiger charge is 2.32. The maximum atomic E-state index is 12.3. The van der Waals surface area contributed by atoms with Crippen molar-refractivity contribution in [1.82, 2.24) is 4.90 Å². The van der Waals surface area contributed by atoms with Gasteiger partial charge >= 0.3 is 0 Å². The van der Waals surface area contributed by atoms with Gasteiger partial charge < -0.3 is 15.4 Å². The van der Waals surface area contributed by atoms with Crippen LogP contribution in [0.3, 0.4) is 0 Å². The molecule has 4 nitrogen and oxygen atoms in total. The predicted molar refractivity (Wildman–Crippen MR) is 71.2 cm³/mol. The lowest BCUT2D eigenvalue weighted by Crippen LogP contribution is -2.49. The van der Waals surface area contributed by atoms with Gasteiger partial charge in [0.15, 0.2) is 0 Å². The zero-order chi connectivity index (χ0) is 13.0. The SMILES string of the molecule is COC1CCN(C(=O)CC2(N)CCCCC2)CC1. The molecule has 1 saturated carbocycles. The van der Waals surface area contributed by atoms with Crippen LogP contribution in [0.25, 0.3) is 0 Å². The second-order valence-corrected chi connectivity index (χ2v) is 5.92. The number of hydrogen-bond donors (Lipinski definition) is 1. The van der Waals surface area contributed by atoms with Crippen LogP contribution in [0, 0.1) is 0 Å². The van der Waals surface area contributed by atoms with E-state index in [1.807, 2.05) is 4.90 Å². The fourth-order valence-corrected chi connectivity index (χ4v) is 3.19. The van der Waals surface area contributed by atoms with Crippen LogP contribution in [0.2, 0.25) is 0 Å². The van der Waals surface area contributed by atoms with Crippen LogP contribution >= 0.6 is 0 Å². The van der Waals surface area contributed by atoms with Crippen molar-refractivity contribution in [3.05, 3.63) is 0 Å². The summed E-state index contributed by atoms with van der Waals surface area (Å²) in [5.74, 6) is 0.244. The Kier molecular flexibility index (Phi) is 4.62. The molecule has 0 aromatic rings. The monoisotopic (exact) mass is 254 g/mol. The topological polar surface area (TPSA) is 55.6 Å². The molecule has 2 rings (SSSR count). The van der Waals surface area contributed by atoms with Crippen LogP contribution in [-0.2, 0) is 9.53 Å². The summed E-state index contributed by atoms with van der Waals surface area (Å²) < 4.78 is 5.33. The molecule has 2 N–H and O–H groups in total. The van der Waals surface area contributed by atoms with Crippen molar-refractivity contribution in [2.24, 2.45) is 5.73 Å². The molecule has 0 atom stereocenters. The molecule has 1 aliphatic carbocycles. The zero-order valence-corrected chi connectivity index (χ0v) is 11.5. The van der Waals surface area contributed by atoms with Gasteiger partial charge in [0.2, 0.25) is 5.91 Å². The lowest BCUT2D eigenvalue weighted by atomic mass is 9.80. The summed E-state index contributed by atoms with van der Waals surface area (Å²) in [6, 6.07) is 0. The third-order valence-corrected chi connectivity index (χ3v) is 4.48. The van der Waals surface area contributed by atoms with Gasteiger partial charge in [0.25, 0.3) is 0 Å². The third-order valence-electron chi connectivity index (χ3n) is 4.48. The first-order valence-corrected chi connectivity index (χ1v) is 7.22. The molecule has 0 aromatic carbocycles. The van der Waals surface area contributed by atoms with E-state index in [0.29, 0.717) is 12.5 Å². The number of methoxy groups -OCH3 is 1. The number of carbonyl (C=O) groups excluding carboxylic acids is 1. The van der Waals surface area contributed by atoms with E-state index in [0.717, 1.165) is 38.8 Å². The van der Waals surface area contributed by atoms with Gasteiger partial charge in [-0.1, -0.05) is 19.3 Å². The highest BCUT2D eigenvalue weighted by atomic mass is 16.5. The molecule has 1 aliphatic heterocycles. The Labute approximate surface area is 110 Å². The zero-order valence-electron chi connectivity index (χ0n) is 11.5. The van der Waals surface area contributed by atoms with E-state index >= 15 is 0 Å². The van der Waals surface area contributed by atoms with Gasteiger partial charge in [0, 0.05) is 32.2 Å². The number of ether oxygens (including phenoxy) is 1. The quantitative estimate of drug-likeness (QED) is 0.833. The summed E-state index contributed by atoms with van der Waals surface area (Å²) in [6.45, 7) is 1.65. The summed E-state index contributed by atoms with van der Waals surface area (Å²) in [5, 5.41) is 0. The number of rotatable bonds is 3. The molecule has 0 spiro atoms. The van der Waals surface area contributed by atoms with Gasteiger partial charge in [0.05, 0.1) is 6.10 Å². The standard InChI is InChI=1S/C14H26N2O2/c1-18-12-5-9-16(10-6-12)13(17)11-14(15)7-3-2-4-8-14/h12H,2-11,15H2,1H3. The minimum atomic E-state index is -0.229. The number of nitrogens with two attached hydrogens (primary N) is 1. The first-order valence-electron chi connectivity index (χ1n) is 7.22. The summed E-state index contributed by atoms with van der Waals surface area (Å²) in [5.41, 5.74) is 6.12. The van der Waals surface area contributed by atoms with E-state index in [1.54, 1.807) is 7.11 Å². The van der Waals surface area contributed by atoms with E-state index in [9.17, 15) is 4.79 Å². The summed E-state index contributed by atoms with van der Waals surface area (Å²) in [4.78, 5) is 14.2. The van der Waals surface area contributed by atoms with Crippen molar-refractivity contribution in [3.63, 3.8) is 0 Å². The minimum absolute atomic E-state index is 0.229. The Hall–Kier alpha value is -0.610. The Morgan fingerprint density at radius 3 is 2.44 bits per heavy atom. The van der Waals surface area contributed by atoms with Crippen LogP contribution in [-0.4, -0.2) is 42.6 Å². The molecule has 0 aromatic heterocycles. The van der Waals surface area contributed by atoms with Gasteiger partial charge in [-0.05, 0) is 25.7 Å². The number of likely N-dealkylation sites (tertiary alicyclic amines) is 1. The number of amides is 1. The number of piperidine rings is 1. The maximum Gasteiger partial charge on any atom is 0.224 e. The molecular formula is C14H26N2O2. The van der Waals surface area contributed by atoms with Crippen LogP contribution in [0.15, 0.2) is 0 Å². The Bertz CT molecular complexity index is 280. The summed E-state index contributed by atoms with van der Waals surface area (Å²) >= 11 is 0. The van der Waals surface area contributed by atoms with Crippen LogP contribution in [0.1, 0.15) is 51.4 Å². The molecule has 0 bridgehead atoms. The maximum absolute atomic E-state index is 12.3. The van der Waals surface area contributed by atoms with E-state index in [4.69, 9.17) is 10.5 Å². The molecule has 104 valence electrons. The fourth-order valence-electron chi connectivity index (χ4n) is 3.19.